The van der Waals surface area contributed by atoms with E-state index >= 15 is 0 Å². The molecule has 0 rings (SSSR count). The van der Waals surface area contributed by atoms with E-state index in [2.05, 4.69) is 0 Å². The Balaban J connectivity index is -0.0000000865. The van der Waals surface area contributed by atoms with Crippen LogP contribution in [0.15, 0.2) is 0 Å². The van der Waals surface area contributed by atoms with Gasteiger partial charge in [-0.05, 0) is 0 Å². The Bertz CT molecular complexity index is 202. The van der Waals surface area contributed by atoms with Crippen LogP contribution >= 0.6 is 0 Å². The van der Waals surface area contributed by atoms with E-state index in [9.17, 15) is 14.4 Å². The third-order valence-electron chi connectivity index (χ3n) is 0.691. The summed E-state index contributed by atoms with van der Waals surface area (Å²) < 4.78 is 0. The molecule has 9 N–H and O–H groups in total. The van der Waals surface area contributed by atoms with E-state index in [1.54, 1.807) is 0 Å². The maximum absolute atomic E-state index is 9.38. The third kappa shape index (κ3) is 58.9. The predicted molar refractivity (Wildman–Crippen MR) is 52.3 cm³/mol. The van der Waals surface area contributed by atoms with Gasteiger partial charge in [0, 0.05) is 32.7 Å². The number of aliphatic carboxylic acids is 3. The van der Waals surface area contributed by atoms with Crippen LogP contribution in [0.5, 0.6) is 0 Å². The first-order valence-corrected chi connectivity index (χ1v) is 4.08. The second-order valence-corrected chi connectivity index (χ2v) is 2.19. The van der Waals surface area contributed by atoms with Crippen LogP contribution in [-0.4, -0.2) is 68.5 Å². The minimum absolute atomic E-state index is 0. The molecule has 0 aliphatic rings. The Morgan fingerprint density at radius 3 is 0.789 bits per heavy atom. The molecule has 0 saturated carbocycles. The number of nitrogens with one attached hydrogen (secondary N) is 3. The number of carbonyl (C=O) groups is 3. The molecular weight excluding hydrogens is 347 g/mol. The molecular formula is C6H15N3O9Y. The second-order valence-electron chi connectivity index (χ2n) is 2.19. The van der Waals surface area contributed by atoms with Gasteiger partial charge in [0.05, 0.1) is 0 Å². The number of carboxylic acids is 3. The average molecular weight is 362 g/mol. The molecule has 0 unspecified atom stereocenters. The monoisotopic (exact) mass is 362 g/mol. The molecule has 0 aromatic rings. The van der Waals surface area contributed by atoms with E-state index in [0.29, 0.717) is 0 Å². The summed E-state index contributed by atoms with van der Waals surface area (Å²) >= 11 is 0. The number of hydroxylamine groups is 3. The van der Waals surface area contributed by atoms with Crippen LogP contribution in [0.3, 0.4) is 0 Å². The fraction of sp³-hybridized carbons (Fsp3) is 0.500. The quantitative estimate of drug-likeness (QED) is 0.219. The smallest absolute Gasteiger partial charge is 0.319 e. The molecule has 0 fully saturated rings. The summed E-state index contributed by atoms with van der Waals surface area (Å²) in [5.41, 5.74) is 4.40. The van der Waals surface area contributed by atoms with Gasteiger partial charge < -0.3 is 30.9 Å². The minimum atomic E-state index is -1.07. The summed E-state index contributed by atoms with van der Waals surface area (Å²) in [6.45, 7) is -1.21. The van der Waals surface area contributed by atoms with E-state index in [1.165, 1.54) is 16.4 Å². The van der Waals surface area contributed by atoms with E-state index in [-0.39, 0.29) is 32.7 Å². The van der Waals surface area contributed by atoms with Gasteiger partial charge in [0.1, 0.15) is 19.6 Å². The molecule has 0 aromatic heterocycles. The van der Waals surface area contributed by atoms with Crippen molar-refractivity contribution in [3.05, 3.63) is 0 Å². The van der Waals surface area contributed by atoms with Crippen molar-refractivity contribution in [2.45, 2.75) is 0 Å². The molecule has 0 heterocycles. The zero-order valence-corrected chi connectivity index (χ0v) is 12.4. The van der Waals surface area contributed by atoms with Gasteiger partial charge in [-0.3, -0.25) is 14.4 Å². The Kier molecular flexibility index (Phi) is 31.6. The average Bonchev–Trinajstić information content (AvgIpc) is 2.18. The zero-order valence-electron chi connectivity index (χ0n) is 9.61. The fourth-order valence-electron chi connectivity index (χ4n) is 0.203. The van der Waals surface area contributed by atoms with Crippen molar-refractivity contribution in [2.24, 2.45) is 0 Å². The molecule has 0 aromatic carbocycles. The van der Waals surface area contributed by atoms with Crippen molar-refractivity contribution >= 4 is 17.9 Å². The molecule has 0 aliphatic heterocycles. The number of hydrogen-bond donors (Lipinski definition) is 9. The maximum atomic E-state index is 9.38. The van der Waals surface area contributed by atoms with Crippen molar-refractivity contribution in [1.82, 2.24) is 16.4 Å². The molecule has 0 saturated heterocycles. The van der Waals surface area contributed by atoms with Crippen molar-refractivity contribution < 1.29 is 78.0 Å². The zero-order chi connectivity index (χ0) is 15.0. The first-order valence-electron chi connectivity index (χ1n) is 4.08. The van der Waals surface area contributed by atoms with Crippen LogP contribution in [0.2, 0.25) is 0 Å². The molecule has 0 spiro atoms. The molecule has 0 atom stereocenters. The van der Waals surface area contributed by atoms with E-state index < -0.39 is 37.5 Å². The topological polar surface area (TPSA) is 209 Å². The van der Waals surface area contributed by atoms with Gasteiger partial charge in [-0.1, -0.05) is 0 Å². The Hall–Kier alpha value is -0.726. The van der Waals surface area contributed by atoms with Crippen LogP contribution < -0.4 is 16.4 Å². The van der Waals surface area contributed by atoms with Crippen molar-refractivity contribution in [2.75, 3.05) is 19.6 Å². The summed E-state index contributed by atoms with van der Waals surface area (Å²) in [5, 5.41) is 45.9. The first-order chi connectivity index (χ1) is 8.31. The Labute approximate surface area is 132 Å². The predicted octanol–water partition coefficient (Wildman–Crippen LogP) is -2.85. The molecule has 19 heavy (non-hydrogen) atoms. The third-order valence-corrected chi connectivity index (χ3v) is 0.691. The number of carboxylic acid groups (broad SMARTS) is 3. The fourth-order valence-corrected chi connectivity index (χ4v) is 0.203. The second kappa shape index (κ2) is 22.5. The molecule has 13 heteroatoms. The van der Waals surface area contributed by atoms with Gasteiger partial charge in [0.15, 0.2) is 0 Å². The molecule has 0 aliphatic carbocycles. The van der Waals surface area contributed by atoms with E-state index in [0.717, 1.165) is 0 Å². The normalized spacial score (nSPS) is 7.74. The standard InChI is InChI=1S/3C2H5NO3.Y/c3*4-2(5)1-3-6;/h3*3,6H,1H2,(H,4,5);. The van der Waals surface area contributed by atoms with Crippen molar-refractivity contribution in [3.63, 3.8) is 0 Å². The van der Waals surface area contributed by atoms with Crippen LogP contribution in [0, 0.1) is 0 Å². The maximum Gasteiger partial charge on any atom is 0.319 e. The molecule has 0 bridgehead atoms. The summed E-state index contributed by atoms with van der Waals surface area (Å²) in [6, 6.07) is 0. The van der Waals surface area contributed by atoms with Crippen LogP contribution in [-0.2, 0) is 47.1 Å². The first kappa shape index (κ1) is 26.8. The minimum Gasteiger partial charge on any atom is -0.480 e. The van der Waals surface area contributed by atoms with Crippen LogP contribution in [0.4, 0.5) is 0 Å². The molecule has 1 radical (unpaired) electrons. The van der Waals surface area contributed by atoms with E-state index in [4.69, 9.17) is 30.9 Å². The van der Waals surface area contributed by atoms with Gasteiger partial charge >= 0.3 is 17.9 Å². The van der Waals surface area contributed by atoms with Crippen molar-refractivity contribution in [3.8, 4) is 0 Å². The molecule has 12 nitrogen and oxygen atoms in total. The van der Waals surface area contributed by atoms with E-state index in [1.807, 2.05) is 0 Å². The largest absolute Gasteiger partial charge is 0.480 e. The Morgan fingerprint density at radius 1 is 0.632 bits per heavy atom. The number of hydrogen-bond acceptors (Lipinski definition) is 9. The number of rotatable bonds is 6. The van der Waals surface area contributed by atoms with Crippen LogP contribution in [0.25, 0.3) is 0 Å². The van der Waals surface area contributed by atoms with Gasteiger partial charge in [-0.2, -0.15) is 16.4 Å². The SMILES string of the molecule is O=C(O)CNO.O=C(O)CNO.O=C(O)CNO.[Y]. The molecule has 111 valence electrons. The summed E-state index contributed by atoms with van der Waals surface area (Å²) in [5.74, 6) is -3.22. The Morgan fingerprint density at radius 2 is 0.789 bits per heavy atom. The van der Waals surface area contributed by atoms with Gasteiger partial charge in [0.25, 0.3) is 0 Å². The van der Waals surface area contributed by atoms with Gasteiger partial charge in [0.2, 0.25) is 0 Å². The van der Waals surface area contributed by atoms with Crippen LogP contribution in [0.1, 0.15) is 0 Å². The summed E-state index contributed by atoms with van der Waals surface area (Å²) in [6.07, 6.45) is 0. The summed E-state index contributed by atoms with van der Waals surface area (Å²) in [4.78, 5) is 28.1. The van der Waals surface area contributed by atoms with Gasteiger partial charge in [-0.25, -0.2) is 0 Å². The molecule has 0 amide bonds. The summed E-state index contributed by atoms with van der Waals surface area (Å²) in [7, 11) is 0. The van der Waals surface area contributed by atoms with Crippen molar-refractivity contribution in [1.29, 1.82) is 0 Å². The van der Waals surface area contributed by atoms with Gasteiger partial charge in [-0.15, -0.1) is 0 Å².